The molecule has 1 heterocycles. The maximum atomic E-state index is 10.1. The highest BCUT2D eigenvalue weighted by Crippen LogP contribution is 2.21. The molecule has 90 valence electrons. The fourth-order valence-electron chi connectivity index (χ4n) is 1.77. The predicted octanol–water partition coefficient (Wildman–Crippen LogP) is 2.92. The minimum absolute atomic E-state index is 0.517. The average Bonchev–Trinajstić information content (AvgIpc) is 2.86. The van der Waals surface area contributed by atoms with Gasteiger partial charge in [-0.25, -0.2) is 4.68 Å². The van der Waals surface area contributed by atoms with E-state index in [1.54, 1.807) is 10.9 Å². The van der Waals surface area contributed by atoms with Gasteiger partial charge in [-0.1, -0.05) is 18.2 Å². The van der Waals surface area contributed by atoms with Crippen LogP contribution in [0.3, 0.4) is 0 Å². The number of hydrogen-bond donors (Lipinski definition) is 1. The van der Waals surface area contributed by atoms with Gasteiger partial charge in [0.2, 0.25) is 0 Å². The van der Waals surface area contributed by atoms with E-state index in [-0.39, 0.29) is 0 Å². The molecule has 0 spiro atoms. The van der Waals surface area contributed by atoms with Crippen LogP contribution in [0.25, 0.3) is 5.69 Å². The van der Waals surface area contributed by atoms with Gasteiger partial charge in [0.15, 0.2) is 0 Å². The lowest BCUT2D eigenvalue weighted by Gasteiger charge is -2.12. The number of hydrogen-bond acceptors (Lipinski definition) is 2. The first-order valence-electron chi connectivity index (χ1n) is 5.66. The third-order valence-electron chi connectivity index (χ3n) is 2.63. The van der Waals surface area contributed by atoms with Crippen molar-refractivity contribution in [1.82, 2.24) is 9.78 Å². The van der Waals surface area contributed by atoms with Gasteiger partial charge in [0, 0.05) is 12.1 Å². The lowest BCUT2D eigenvalue weighted by molar-refractivity contribution is 0.159. The Bertz CT molecular complexity index is 455. The summed E-state index contributed by atoms with van der Waals surface area (Å²) in [6.07, 6.45) is 2.63. The van der Waals surface area contributed by atoms with E-state index in [2.05, 4.69) is 5.10 Å². The van der Waals surface area contributed by atoms with Crippen LogP contribution in [0.2, 0.25) is 0 Å². The highest BCUT2D eigenvalue weighted by atomic mass is 35.5. The van der Waals surface area contributed by atoms with Crippen molar-refractivity contribution in [2.45, 2.75) is 18.9 Å². The number of aliphatic hydroxyl groups is 1. The number of alkyl halides is 1. The Balaban J connectivity index is 2.23. The zero-order valence-electron chi connectivity index (χ0n) is 9.46. The van der Waals surface area contributed by atoms with Crippen LogP contribution in [0.5, 0.6) is 0 Å². The lowest BCUT2D eigenvalue weighted by atomic mass is 10.1. The Morgan fingerprint density at radius 3 is 2.71 bits per heavy atom. The second-order valence-electron chi connectivity index (χ2n) is 3.85. The molecule has 0 aliphatic rings. The summed E-state index contributed by atoms with van der Waals surface area (Å²) >= 11 is 5.63. The third-order valence-corrected chi connectivity index (χ3v) is 2.89. The summed E-state index contributed by atoms with van der Waals surface area (Å²) in [5.74, 6) is 0.566. The van der Waals surface area contributed by atoms with Crippen molar-refractivity contribution < 1.29 is 5.11 Å². The largest absolute Gasteiger partial charge is 0.387 e. The van der Waals surface area contributed by atoms with Crippen LogP contribution in [0.4, 0.5) is 0 Å². The van der Waals surface area contributed by atoms with E-state index >= 15 is 0 Å². The summed E-state index contributed by atoms with van der Waals surface area (Å²) in [4.78, 5) is 0. The van der Waals surface area contributed by atoms with Gasteiger partial charge in [-0.2, -0.15) is 5.10 Å². The molecule has 1 aromatic heterocycles. The van der Waals surface area contributed by atoms with E-state index in [0.29, 0.717) is 12.3 Å². The van der Waals surface area contributed by atoms with E-state index in [4.69, 9.17) is 11.6 Å². The van der Waals surface area contributed by atoms with Crippen molar-refractivity contribution in [3.8, 4) is 5.69 Å². The number of aromatic nitrogens is 2. The van der Waals surface area contributed by atoms with Crippen molar-refractivity contribution >= 4 is 11.6 Å². The highest BCUT2D eigenvalue weighted by molar-refractivity contribution is 6.17. The van der Waals surface area contributed by atoms with Crippen molar-refractivity contribution in [3.05, 3.63) is 48.3 Å². The Morgan fingerprint density at radius 1 is 1.24 bits per heavy atom. The first-order valence-corrected chi connectivity index (χ1v) is 6.20. The molecule has 0 radical (unpaired) electrons. The Kier molecular flexibility index (Phi) is 4.18. The SMILES string of the molecule is OC(CCCCl)c1ccnn1-c1ccccc1. The molecule has 0 bridgehead atoms. The Morgan fingerprint density at radius 2 is 2.00 bits per heavy atom. The van der Waals surface area contributed by atoms with Gasteiger partial charge in [0.25, 0.3) is 0 Å². The summed E-state index contributed by atoms with van der Waals surface area (Å²) < 4.78 is 1.76. The summed E-state index contributed by atoms with van der Waals surface area (Å²) in [7, 11) is 0. The molecule has 0 amide bonds. The van der Waals surface area contributed by atoms with Crippen molar-refractivity contribution in [2.75, 3.05) is 5.88 Å². The fraction of sp³-hybridized carbons (Fsp3) is 0.308. The predicted molar refractivity (Wildman–Crippen MR) is 68.5 cm³/mol. The zero-order chi connectivity index (χ0) is 12.1. The molecule has 0 saturated carbocycles. The summed E-state index contributed by atoms with van der Waals surface area (Å²) in [6, 6.07) is 11.6. The molecule has 0 aliphatic carbocycles. The first kappa shape index (κ1) is 12.1. The van der Waals surface area contributed by atoms with Gasteiger partial charge in [-0.15, -0.1) is 11.6 Å². The lowest BCUT2D eigenvalue weighted by Crippen LogP contribution is -2.07. The van der Waals surface area contributed by atoms with Gasteiger partial charge in [-0.05, 0) is 31.0 Å². The molecular weight excluding hydrogens is 236 g/mol. The second-order valence-corrected chi connectivity index (χ2v) is 4.23. The van der Waals surface area contributed by atoms with Gasteiger partial charge < -0.3 is 5.11 Å². The average molecular weight is 251 g/mol. The maximum absolute atomic E-state index is 10.1. The molecule has 1 N–H and O–H groups in total. The van der Waals surface area contributed by atoms with Gasteiger partial charge in [-0.3, -0.25) is 0 Å². The highest BCUT2D eigenvalue weighted by Gasteiger charge is 2.13. The molecule has 3 nitrogen and oxygen atoms in total. The number of benzene rings is 1. The van der Waals surface area contributed by atoms with Gasteiger partial charge in [0.1, 0.15) is 0 Å². The second kappa shape index (κ2) is 5.84. The van der Waals surface area contributed by atoms with E-state index in [9.17, 15) is 5.11 Å². The molecule has 17 heavy (non-hydrogen) atoms. The number of aliphatic hydroxyl groups excluding tert-OH is 1. The molecular formula is C13H15ClN2O. The standard InChI is InChI=1S/C13H15ClN2O/c14-9-4-7-13(17)12-8-10-15-16(12)11-5-2-1-3-6-11/h1-3,5-6,8,10,13,17H,4,7,9H2. The third kappa shape index (κ3) is 2.87. The van der Waals surface area contributed by atoms with E-state index in [1.165, 1.54) is 0 Å². The number of rotatable bonds is 5. The van der Waals surface area contributed by atoms with Gasteiger partial charge >= 0.3 is 0 Å². The number of halogens is 1. The van der Waals surface area contributed by atoms with Crippen LogP contribution >= 0.6 is 11.6 Å². The minimum atomic E-state index is -0.517. The first-order chi connectivity index (χ1) is 8.33. The Labute approximate surface area is 106 Å². The van der Waals surface area contributed by atoms with Crippen LogP contribution < -0.4 is 0 Å². The summed E-state index contributed by atoms with van der Waals surface area (Å²) in [5.41, 5.74) is 1.76. The maximum Gasteiger partial charge on any atom is 0.0961 e. The van der Waals surface area contributed by atoms with E-state index < -0.39 is 6.10 Å². The van der Waals surface area contributed by atoms with Crippen LogP contribution in [0, 0.1) is 0 Å². The Hall–Kier alpha value is -1.32. The van der Waals surface area contributed by atoms with E-state index in [0.717, 1.165) is 17.8 Å². The molecule has 1 atom stereocenters. The minimum Gasteiger partial charge on any atom is -0.387 e. The van der Waals surface area contributed by atoms with Crippen LogP contribution in [-0.2, 0) is 0 Å². The van der Waals surface area contributed by atoms with Crippen LogP contribution in [0.1, 0.15) is 24.6 Å². The normalized spacial score (nSPS) is 12.6. The molecule has 4 heteroatoms. The van der Waals surface area contributed by atoms with Crippen LogP contribution in [-0.4, -0.2) is 20.8 Å². The van der Waals surface area contributed by atoms with Crippen LogP contribution in [0.15, 0.2) is 42.6 Å². The quantitative estimate of drug-likeness (QED) is 0.829. The van der Waals surface area contributed by atoms with Gasteiger partial charge in [0.05, 0.1) is 17.5 Å². The summed E-state index contributed by atoms with van der Waals surface area (Å²) in [5, 5.41) is 14.3. The zero-order valence-corrected chi connectivity index (χ0v) is 10.2. The number of para-hydroxylation sites is 1. The van der Waals surface area contributed by atoms with Crippen molar-refractivity contribution in [3.63, 3.8) is 0 Å². The topological polar surface area (TPSA) is 38.1 Å². The molecule has 0 fully saturated rings. The number of nitrogens with zero attached hydrogens (tertiary/aromatic N) is 2. The molecule has 1 unspecified atom stereocenters. The molecule has 1 aromatic carbocycles. The van der Waals surface area contributed by atoms with Crippen molar-refractivity contribution in [2.24, 2.45) is 0 Å². The smallest absolute Gasteiger partial charge is 0.0961 e. The summed E-state index contributed by atoms with van der Waals surface area (Å²) in [6.45, 7) is 0. The monoisotopic (exact) mass is 250 g/mol. The molecule has 2 aromatic rings. The fourth-order valence-corrected chi connectivity index (χ4v) is 1.92. The van der Waals surface area contributed by atoms with Crippen molar-refractivity contribution in [1.29, 1.82) is 0 Å². The molecule has 0 saturated heterocycles. The van der Waals surface area contributed by atoms with E-state index in [1.807, 2.05) is 36.4 Å². The molecule has 2 rings (SSSR count). The molecule has 0 aliphatic heterocycles.